The zero-order valence-electron chi connectivity index (χ0n) is 13.7. The fourth-order valence-electron chi connectivity index (χ4n) is 3.39. The van der Waals surface area contributed by atoms with Crippen LogP contribution in [0.4, 0.5) is 0 Å². The maximum atomic E-state index is 5.46. The van der Waals surface area contributed by atoms with Gasteiger partial charge in [0.1, 0.15) is 0 Å². The molecule has 4 heteroatoms. The normalized spacial score (nSPS) is 27.7. The summed E-state index contributed by atoms with van der Waals surface area (Å²) >= 11 is 0. The zero-order chi connectivity index (χ0) is 15.4. The Kier molecular flexibility index (Phi) is 4.98. The van der Waals surface area contributed by atoms with Gasteiger partial charge < -0.3 is 15.0 Å². The SMILES string of the molecule is CN=C(NCC1CC1c1ccccc1)N(C)CC1CCOC1. The lowest BCUT2D eigenvalue weighted by molar-refractivity contribution is 0.181. The Hall–Kier alpha value is -1.55. The first-order valence-electron chi connectivity index (χ1n) is 8.32. The maximum absolute atomic E-state index is 5.46. The number of benzene rings is 1. The smallest absolute Gasteiger partial charge is 0.193 e. The number of aliphatic imine (C=N–C) groups is 1. The summed E-state index contributed by atoms with van der Waals surface area (Å²) < 4.78 is 5.46. The van der Waals surface area contributed by atoms with Gasteiger partial charge >= 0.3 is 0 Å². The molecule has 1 aromatic rings. The molecule has 3 atom stereocenters. The lowest BCUT2D eigenvalue weighted by atomic mass is 10.1. The predicted octanol–water partition coefficient (Wildman–Crippen LogP) is 2.33. The third kappa shape index (κ3) is 3.80. The van der Waals surface area contributed by atoms with Crippen LogP contribution in [0.15, 0.2) is 35.3 Å². The van der Waals surface area contributed by atoms with Crippen LogP contribution in [0.5, 0.6) is 0 Å². The average Bonchev–Trinajstić information content (AvgIpc) is 3.15. The number of hydrogen-bond acceptors (Lipinski definition) is 2. The van der Waals surface area contributed by atoms with Gasteiger partial charge in [0, 0.05) is 39.7 Å². The first-order chi connectivity index (χ1) is 10.8. The second kappa shape index (κ2) is 7.14. The maximum Gasteiger partial charge on any atom is 0.193 e. The van der Waals surface area contributed by atoms with Crippen molar-refractivity contribution in [3.8, 4) is 0 Å². The van der Waals surface area contributed by atoms with Crippen molar-refractivity contribution < 1.29 is 4.74 Å². The van der Waals surface area contributed by atoms with E-state index in [2.05, 4.69) is 52.6 Å². The molecule has 3 rings (SSSR count). The summed E-state index contributed by atoms with van der Waals surface area (Å²) in [6.45, 7) is 3.83. The van der Waals surface area contributed by atoms with Crippen molar-refractivity contribution in [2.24, 2.45) is 16.8 Å². The number of rotatable bonds is 5. The molecule has 0 spiro atoms. The highest BCUT2D eigenvalue weighted by molar-refractivity contribution is 5.79. The number of guanidine groups is 1. The first-order valence-corrected chi connectivity index (χ1v) is 8.32. The van der Waals surface area contributed by atoms with E-state index in [4.69, 9.17) is 4.74 Å². The Morgan fingerprint density at radius 1 is 1.36 bits per heavy atom. The Bertz CT molecular complexity index is 496. The molecule has 2 aliphatic rings. The van der Waals surface area contributed by atoms with Crippen LogP contribution in [0.3, 0.4) is 0 Å². The van der Waals surface area contributed by atoms with Crippen molar-refractivity contribution in [2.45, 2.75) is 18.8 Å². The molecule has 1 aliphatic carbocycles. The molecule has 0 amide bonds. The molecule has 1 heterocycles. The Morgan fingerprint density at radius 2 is 2.18 bits per heavy atom. The Morgan fingerprint density at radius 3 is 2.86 bits per heavy atom. The molecule has 1 N–H and O–H groups in total. The molecule has 1 saturated carbocycles. The van der Waals surface area contributed by atoms with Crippen LogP contribution < -0.4 is 5.32 Å². The number of nitrogens with one attached hydrogen (secondary N) is 1. The minimum absolute atomic E-state index is 0.640. The molecule has 0 bridgehead atoms. The van der Waals surface area contributed by atoms with Crippen LogP contribution in [0, 0.1) is 11.8 Å². The summed E-state index contributed by atoms with van der Waals surface area (Å²) in [7, 11) is 3.99. The minimum atomic E-state index is 0.640. The van der Waals surface area contributed by atoms with Crippen LogP contribution >= 0.6 is 0 Å². The summed E-state index contributed by atoms with van der Waals surface area (Å²) in [6.07, 6.45) is 2.45. The molecule has 1 aliphatic heterocycles. The monoisotopic (exact) mass is 301 g/mol. The zero-order valence-corrected chi connectivity index (χ0v) is 13.7. The van der Waals surface area contributed by atoms with E-state index in [1.165, 1.54) is 18.4 Å². The predicted molar refractivity (Wildman–Crippen MR) is 90.2 cm³/mol. The van der Waals surface area contributed by atoms with Crippen molar-refractivity contribution in [3.63, 3.8) is 0 Å². The van der Waals surface area contributed by atoms with Crippen LogP contribution in [0.25, 0.3) is 0 Å². The summed E-state index contributed by atoms with van der Waals surface area (Å²) in [5.41, 5.74) is 1.47. The van der Waals surface area contributed by atoms with E-state index in [9.17, 15) is 0 Å². The van der Waals surface area contributed by atoms with Gasteiger partial charge in [0.15, 0.2) is 5.96 Å². The van der Waals surface area contributed by atoms with Crippen molar-refractivity contribution in [3.05, 3.63) is 35.9 Å². The van der Waals surface area contributed by atoms with Gasteiger partial charge in [-0.3, -0.25) is 4.99 Å². The third-order valence-corrected chi connectivity index (χ3v) is 4.80. The van der Waals surface area contributed by atoms with Gasteiger partial charge in [-0.2, -0.15) is 0 Å². The van der Waals surface area contributed by atoms with Gasteiger partial charge in [-0.15, -0.1) is 0 Å². The molecule has 0 radical (unpaired) electrons. The molecular weight excluding hydrogens is 274 g/mol. The number of ether oxygens (including phenoxy) is 1. The van der Waals surface area contributed by atoms with Gasteiger partial charge in [0.25, 0.3) is 0 Å². The summed E-state index contributed by atoms with van der Waals surface area (Å²) in [5, 5.41) is 3.54. The fourth-order valence-corrected chi connectivity index (χ4v) is 3.39. The van der Waals surface area contributed by atoms with Gasteiger partial charge in [-0.1, -0.05) is 30.3 Å². The average molecular weight is 301 g/mol. The molecule has 120 valence electrons. The van der Waals surface area contributed by atoms with Crippen molar-refractivity contribution in [1.82, 2.24) is 10.2 Å². The first kappa shape index (κ1) is 15.3. The second-order valence-corrected chi connectivity index (χ2v) is 6.55. The van der Waals surface area contributed by atoms with Crippen LogP contribution in [-0.2, 0) is 4.74 Å². The summed E-state index contributed by atoms with van der Waals surface area (Å²) in [5.74, 6) is 3.11. The molecule has 2 fully saturated rings. The van der Waals surface area contributed by atoms with Crippen LogP contribution in [0.1, 0.15) is 24.3 Å². The van der Waals surface area contributed by atoms with Crippen molar-refractivity contribution >= 4 is 5.96 Å². The van der Waals surface area contributed by atoms with Gasteiger partial charge in [-0.25, -0.2) is 0 Å². The Balaban J connectivity index is 1.44. The van der Waals surface area contributed by atoms with E-state index in [1.54, 1.807) is 0 Å². The van der Waals surface area contributed by atoms with Crippen LogP contribution in [-0.4, -0.2) is 51.3 Å². The molecule has 22 heavy (non-hydrogen) atoms. The van der Waals surface area contributed by atoms with E-state index in [-0.39, 0.29) is 0 Å². The topological polar surface area (TPSA) is 36.9 Å². The quantitative estimate of drug-likeness (QED) is 0.670. The molecule has 1 saturated heterocycles. The van der Waals surface area contributed by atoms with E-state index in [0.717, 1.165) is 44.1 Å². The standard InChI is InChI=1S/C18H27N3O/c1-19-18(21(2)12-14-8-9-22-13-14)20-11-16-10-17(16)15-6-4-3-5-7-15/h3-7,14,16-17H,8-13H2,1-2H3,(H,19,20). The van der Waals surface area contributed by atoms with Crippen LogP contribution in [0.2, 0.25) is 0 Å². The van der Waals surface area contributed by atoms with Gasteiger partial charge in [0.05, 0.1) is 6.61 Å². The number of hydrogen-bond donors (Lipinski definition) is 1. The Labute approximate surface area is 133 Å². The summed E-state index contributed by atoms with van der Waals surface area (Å²) in [4.78, 5) is 6.65. The van der Waals surface area contributed by atoms with Gasteiger partial charge in [-0.05, 0) is 30.2 Å². The molecule has 0 aromatic heterocycles. The fraction of sp³-hybridized carbons (Fsp3) is 0.611. The van der Waals surface area contributed by atoms with Crippen molar-refractivity contribution in [1.29, 1.82) is 0 Å². The van der Waals surface area contributed by atoms with Gasteiger partial charge in [0.2, 0.25) is 0 Å². The van der Waals surface area contributed by atoms with Crippen molar-refractivity contribution in [2.75, 3.05) is 40.4 Å². The minimum Gasteiger partial charge on any atom is -0.381 e. The molecule has 4 nitrogen and oxygen atoms in total. The van der Waals surface area contributed by atoms with E-state index < -0.39 is 0 Å². The number of nitrogens with zero attached hydrogens (tertiary/aromatic N) is 2. The largest absolute Gasteiger partial charge is 0.381 e. The highest BCUT2D eigenvalue weighted by atomic mass is 16.5. The molecular formula is C18H27N3O. The molecule has 3 unspecified atom stereocenters. The van der Waals surface area contributed by atoms with E-state index >= 15 is 0 Å². The van der Waals surface area contributed by atoms with E-state index in [0.29, 0.717) is 5.92 Å². The summed E-state index contributed by atoms with van der Waals surface area (Å²) in [6, 6.07) is 10.8. The molecule has 1 aromatic carbocycles. The lowest BCUT2D eigenvalue weighted by Gasteiger charge is -2.24. The second-order valence-electron chi connectivity index (χ2n) is 6.55. The highest BCUT2D eigenvalue weighted by Gasteiger charge is 2.38. The highest BCUT2D eigenvalue weighted by Crippen LogP contribution is 2.46. The third-order valence-electron chi connectivity index (χ3n) is 4.80. The van der Waals surface area contributed by atoms with E-state index in [1.807, 2.05) is 7.05 Å². The lowest BCUT2D eigenvalue weighted by Crippen LogP contribution is -2.42.